The molecule has 2 N–H and O–H groups in total. The van der Waals surface area contributed by atoms with E-state index in [-0.39, 0.29) is 17.9 Å². The highest BCUT2D eigenvalue weighted by atomic mass is 16.5. The van der Waals surface area contributed by atoms with Gasteiger partial charge in [-0.1, -0.05) is 53.7 Å². The molecule has 0 aliphatic carbocycles. The van der Waals surface area contributed by atoms with E-state index < -0.39 is 0 Å². The first kappa shape index (κ1) is 21.9. The van der Waals surface area contributed by atoms with Crippen LogP contribution < -0.4 is 10.6 Å². The van der Waals surface area contributed by atoms with Gasteiger partial charge in [0, 0.05) is 35.9 Å². The van der Waals surface area contributed by atoms with E-state index in [1.807, 2.05) is 72.8 Å². The Morgan fingerprint density at radius 1 is 0.941 bits per heavy atom. The zero-order valence-electron chi connectivity index (χ0n) is 18.7. The number of hydrogen-bond acceptors (Lipinski definition) is 5. The fraction of sp³-hybridized carbons (Fsp3) is 0.222. The van der Waals surface area contributed by atoms with Crippen molar-refractivity contribution in [1.82, 2.24) is 15.4 Å². The van der Waals surface area contributed by atoms with Crippen LogP contribution in [0.5, 0.6) is 0 Å². The van der Waals surface area contributed by atoms with Crippen LogP contribution in [0.2, 0.25) is 0 Å². The van der Waals surface area contributed by atoms with Crippen molar-refractivity contribution in [2.45, 2.75) is 18.9 Å². The summed E-state index contributed by atoms with van der Waals surface area (Å²) in [5, 5.41) is 11.0. The number of benzene rings is 3. The maximum absolute atomic E-state index is 12.9. The van der Waals surface area contributed by atoms with Gasteiger partial charge in [0.1, 0.15) is 5.52 Å². The third-order valence-electron chi connectivity index (χ3n) is 6.12. The molecule has 0 atom stereocenters. The number of likely N-dealkylation sites (tertiary alicyclic amines) is 1. The molecule has 0 spiro atoms. The van der Waals surface area contributed by atoms with Crippen molar-refractivity contribution >= 4 is 28.4 Å². The molecule has 172 valence electrons. The van der Waals surface area contributed by atoms with Crippen molar-refractivity contribution < 1.29 is 14.1 Å². The molecule has 2 amide bonds. The summed E-state index contributed by atoms with van der Waals surface area (Å²) in [4.78, 5) is 27.4. The van der Waals surface area contributed by atoms with E-state index in [9.17, 15) is 9.59 Å². The topological polar surface area (TPSA) is 87.5 Å². The van der Waals surface area contributed by atoms with Gasteiger partial charge < -0.3 is 15.2 Å². The second-order valence-electron chi connectivity index (χ2n) is 8.55. The van der Waals surface area contributed by atoms with Gasteiger partial charge in [0.25, 0.3) is 5.91 Å². The predicted octanol–water partition coefficient (Wildman–Crippen LogP) is 4.33. The standard InChI is InChI=1S/C27H26N4O3/c32-25(28-21-9-5-2-6-10-21)18-31-15-13-22(14-16-31)29-27(33)20-11-12-24-23(17-20)26(34-30-24)19-7-3-1-4-8-19/h1-12,17,22H,13-16,18H2,(H,28,32)(H,29,33). The molecule has 0 saturated carbocycles. The largest absolute Gasteiger partial charge is 0.355 e. The molecule has 1 aromatic heterocycles. The maximum atomic E-state index is 12.9. The number of rotatable bonds is 6. The summed E-state index contributed by atoms with van der Waals surface area (Å²) in [5.74, 6) is 0.527. The number of nitrogens with zero attached hydrogens (tertiary/aromatic N) is 2. The van der Waals surface area contributed by atoms with Crippen LogP contribution in [0, 0.1) is 0 Å². The van der Waals surface area contributed by atoms with Crippen LogP contribution in [-0.4, -0.2) is 47.5 Å². The first-order chi connectivity index (χ1) is 16.7. The third-order valence-corrected chi connectivity index (χ3v) is 6.12. The first-order valence-electron chi connectivity index (χ1n) is 11.5. The zero-order chi connectivity index (χ0) is 23.3. The monoisotopic (exact) mass is 454 g/mol. The van der Waals surface area contributed by atoms with Crippen LogP contribution in [0.4, 0.5) is 5.69 Å². The Morgan fingerprint density at radius 3 is 2.38 bits per heavy atom. The zero-order valence-corrected chi connectivity index (χ0v) is 18.7. The molecular weight excluding hydrogens is 428 g/mol. The van der Waals surface area contributed by atoms with Crippen molar-refractivity contribution in [3.8, 4) is 11.3 Å². The van der Waals surface area contributed by atoms with Crippen molar-refractivity contribution in [1.29, 1.82) is 0 Å². The van der Waals surface area contributed by atoms with E-state index >= 15 is 0 Å². The van der Waals surface area contributed by atoms with Crippen molar-refractivity contribution in [3.63, 3.8) is 0 Å². The fourth-order valence-corrected chi connectivity index (χ4v) is 4.31. The van der Waals surface area contributed by atoms with E-state index in [1.54, 1.807) is 6.07 Å². The average Bonchev–Trinajstić information content (AvgIpc) is 3.30. The highest BCUT2D eigenvalue weighted by Crippen LogP contribution is 2.29. The quantitative estimate of drug-likeness (QED) is 0.453. The van der Waals surface area contributed by atoms with Gasteiger partial charge in [0.05, 0.1) is 11.9 Å². The molecule has 5 rings (SSSR count). The molecule has 0 bridgehead atoms. The summed E-state index contributed by atoms with van der Waals surface area (Å²) >= 11 is 0. The number of piperidine rings is 1. The van der Waals surface area contributed by atoms with Crippen LogP contribution >= 0.6 is 0 Å². The number of nitrogens with one attached hydrogen (secondary N) is 2. The summed E-state index contributed by atoms with van der Waals surface area (Å²) in [6.07, 6.45) is 1.60. The van der Waals surface area contributed by atoms with Crippen LogP contribution in [0.1, 0.15) is 23.2 Å². The molecule has 1 aliphatic heterocycles. The lowest BCUT2D eigenvalue weighted by Crippen LogP contribution is -2.46. The van der Waals surface area contributed by atoms with Crippen LogP contribution in [0.3, 0.4) is 0 Å². The molecule has 7 heteroatoms. The van der Waals surface area contributed by atoms with Gasteiger partial charge in [0.2, 0.25) is 5.91 Å². The SMILES string of the molecule is O=C(CN1CCC(NC(=O)c2ccc3noc(-c4ccccc4)c3c2)CC1)Nc1ccccc1. The highest BCUT2D eigenvalue weighted by Gasteiger charge is 2.23. The molecule has 1 aliphatic rings. The Morgan fingerprint density at radius 2 is 1.65 bits per heavy atom. The fourth-order valence-electron chi connectivity index (χ4n) is 4.31. The molecule has 0 unspecified atom stereocenters. The molecule has 0 radical (unpaired) electrons. The second-order valence-corrected chi connectivity index (χ2v) is 8.55. The molecule has 3 aromatic carbocycles. The third kappa shape index (κ3) is 5.00. The molecule has 2 heterocycles. The number of fused-ring (bicyclic) bond motifs is 1. The van der Waals surface area contributed by atoms with Crippen LogP contribution in [-0.2, 0) is 4.79 Å². The van der Waals surface area contributed by atoms with E-state index in [0.717, 1.165) is 48.1 Å². The Bertz CT molecular complexity index is 1280. The van der Waals surface area contributed by atoms with E-state index in [0.29, 0.717) is 17.9 Å². The average molecular weight is 455 g/mol. The number of aromatic nitrogens is 1. The lowest BCUT2D eigenvalue weighted by molar-refractivity contribution is -0.117. The molecular formula is C27H26N4O3. The minimum Gasteiger partial charge on any atom is -0.355 e. The number of carbonyl (C=O) groups excluding carboxylic acids is 2. The molecule has 1 fully saturated rings. The van der Waals surface area contributed by atoms with Crippen LogP contribution in [0.25, 0.3) is 22.2 Å². The van der Waals surface area contributed by atoms with E-state index in [4.69, 9.17) is 4.52 Å². The Kier molecular flexibility index (Phi) is 6.35. The van der Waals surface area contributed by atoms with Crippen LogP contribution in [0.15, 0.2) is 83.4 Å². The van der Waals surface area contributed by atoms with Crippen molar-refractivity contribution in [2.75, 3.05) is 25.0 Å². The van der Waals surface area contributed by atoms with E-state index in [2.05, 4.69) is 20.7 Å². The summed E-state index contributed by atoms with van der Waals surface area (Å²) < 4.78 is 5.55. The van der Waals surface area contributed by atoms with Crippen molar-refractivity contribution in [2.24, 2.45) is 0 Å². The number of para-hydroxylation sites is 1. The summed E-state index contributed by atoms with van der Waals surface area (Å²) in [7, 11) is 0. The minimum atomic E-state index is -0.109. The smallest absolute Gasteiger partial charge is 0.251 e. The number of carbonyl (C=O) groups is 2. The van der Waals surface area contributed by atoms with E-state index in [1.165, 1.54) is 0 Å². The van der Waals surface area contributed by atoms with Crippen molar-refractivity contribution in [3.05, 3.63) is 84.4 Å². The predicted molar refractivity (Wildman–Crippen MR) is 131 cm³/mol. The number of anilines is 1. The Hall–Kier alpha value is -3.97. The summed E-state index contributed by atoms with van der Waals surface area (Å²) in [6, 6.07) is 24.7. The Balaban J connectivity index is 1.17. The highest BCUT2D eigenvalue weighted by molar-refractivity contribution is 6.01. The Labute approximate surface area is 197 Å². The molecule has 34 heavy (non-hydrogen) atoms. The molecule has 1 saturated heterocycles. The normalized spacial score (nSPS) is 14.7. The van der Waals surface area contributed by atoms with Gasteiger partial charge in [-0.3, -0.25) is 14.5 Å². The van der Waals surface area contributed by atoms with Gasteiger partial charge in [-0.15, -0.1) is 0 Å². The molecule has 4 aromatic rings. The second kappa shape index (κ2) is 9.89. The number of hydrogen-bond donors (Lipinski definition) is 2. The van der Waals surface area contributed by atoms with Gasteiger partial charge in [0.15, 0.2) is 5.76 Å². The van der Waals surface area contributed by atoms with Gasteiger partial charge in [-0.2, -0.15) is 0 Å². The number of amides is 2. The first-order valence-corrected chi connectivity index (χ1v) is 11.5. The lowest BCUT2D eigenvalue weighted by Gasteiger charge is -2.31. The molecule has 7 nitrogen and oxygen atoms in total. The minimum absolute atomic E-state index is 0.0232. The van der Waals surface area contributed by atoms with Gasteiger partial charge in [-0.25, -0.2) is 0 Å². The van der Waals surface area contributed by atoms with Gasteiger partial charge in [-0.05, 0) is 43.2 Å². The summed E-state index contributed by atoms with van der Waals surface area (Å²) in [5.41, 5.74) is 3.02. The maximum Gasteiger partial charge on any atom is 0.251 e. The lowest BCUT2D eigenvalue weighted by atomic mass is 10.0. The van der Waals surface area contributed by atoms with Gasteiger partial charge >= 0.3 is 0 Å². The summed E-state index contributed by atoms with van der Waals surface area (Å²) in [6.45, 7) is 1.87.